The summed E-state index contributed by atoms with van der Waals surface area (Å²) in [6, 6.07) is 0. The van der Waals surface area contributed by atoms with Crippen LogP contribution in [0.3, 0.4) is 0 Å². The SMILES string of the molecule is OC(Cc1cn2ccsc2n1)C1CCC1. The topological polar surface area (TPSA) is 37.5 Å². The summed E-state index contributed by atoms with van der Waals surface area (Å²) < 4.78 is 2.02. The third-order valence-electron chi connectivity index (χ3n) is 3.26. The average Bonchev–Trinajstić information content (AvgIpc) is 2.58. The van der Waals surface area contributed by atoms with E-state index in [1.807, 2.05) is 22.2 Å². The summed E-state index contributed by atoms with van der Waals surface area (Å²) in [6.07, 6.45) is 8.19. The van der Waals surface area contributed by atoms with E-state index in [0.29, 0.717) is 12.3 Å². The van der Waals surface area contributed by atoms with E-state index in [-0.39, 0.29) is 6.10 Å². The zero-order chi connectivity index (χ0) is 10.3. The van der Waals surface area contributed by atoms with E-state index in [2.05, 4.69) is 4.98 Å². The highest BCUT2D eigenvalue weighted by molar-refractivity contribution is 7.15. The number of thiazole rings is 1. The number of rotatable bonds is 3. The first-order valence-electron chi connectivity index (χ1n) is 5.42. The molecular formula is C11H14N2OS. The second-order valence-corrected chi connectivity index (χ2v) is 5.16. The monoisotopic (exact) mass is 222 g/mol. The van der Waals surface area contributed by atoms with Crippen LogP contribution in [-0.2, 0) is 6.42 Å². The Morgan fingerprint density at radius 1 is 1.60 bits per heavy atom. The first kappa shape index (κ1) is 9.36. The molecule has 0 bridgehead atoms. The Morgan fingerprint density at radius 2 is 2.47 bits per heavy atom. The molecule has 2 aromatic heterocycles. The minimum atomic E-state index is -0.191. The first-order chi connectivity index (χ1) is 7.33. The molecule has 1 unspecified atom stereocenters. The summed E-state index contributed by atoms with van der Waals surface area (Å²) >= 11 is 1.63. The summed E-state index contributed by atoms with van der Waals surface area (Å²) in [7, 11) is 0. The number of aromatic nitrogens is 2. The van der Waals surface area contributed by atoms with Crippen LogP contribution in [0.5, 0.6) is 0 Å². The van der Waals surface area contributed by atoms with Crippen molar-refractivity contribution in [2.45, 2.75) is 31.8 Å². The minimum Gasteiger partial charge on any atom is -0.392 e. The van der Waals surface area contributed by atoms with E-state index < -0.39 is 0 Å². The van der Waals surface area contributed by atoms with Gasteiger partial charge in [0.2, 0.25) is 0 Å². The summed E-state index contributed by atoms with van der Waals surface area (Å²) in [5.74, 6) is 0.518. The van der Waals surface area contributed by atoms with E-state index in [1.54, 1.807) is 11.3 Å². The van der Waals surface area contributed by atoms with Gasteiger partial charge in [-0.15, -0.1) is 11.3 Å². The van der Waals surface area contributed by atoms with Gasteiger partial charge >= 0.3 is 0 Å². The van der Waals surface area contributed by atoms with Gasteiger partial charge in [0.15, 0.2) is 4.96 Å². The predicted octanol–water partition coefficient (Wildman–Crippen LogP) is 2.10. The van der Waals surface area contributed by atoms with Gasteiger partial charge in [0, 0.05) is 24.2 Å². The number of aliphatic hydroxyl groups excluding tert-OH is 1. The lowest BCUT2D eigenvalue weighted by Crippen LogP contribution is -2.28. The lowest BCUT2D eigenvalue weighted by Gasteiger charge is -2.29. The molecule has 15 heavy (non-hydrogen) atoms. The zero-order valence-electron chi connectivity index (χ0n) is 8.47. The normalized spacial score (nSPS) is 19.3. The molecule has 0 amide bonds. The fraction of sp³-hybridized carbons (Fsp3) is 0.545. The number of fused-ring (bicyclic) bond motifs is 1. The lowest BCUT2D eigenvalue weighted by atomic mass is 9.80. The standard InChI is InChI=1S/C11H14N2OS/c14-10(8-2-1-3-8)6-9-7-13-4-5-15-11(13)12-9/h4-5,7-8,10,14H,1-3,6H2. The van der Waals surface area contributed by atoms with Crippen molar-refractivity contribution in [3.8, 4) is 0 Å². The van der Waals surface area contributed by atoms with Gasteiger partial charge in [0.1, 0.15) is 0 Å². The largest absolute Gasteiger partial charge is 0.392 e. The second-order valence-electron chi connectivity index (χ2n) is 4.29. The van der Waals surface area contributed by atoms with Crippen molar-refractivity contribution in [1.82, 2.24) is 9.38 Å². The van der Waals surface area contributed by atoms with Gasteiger partial charge in [0.05, 0.1) is 11.8 Å². The Labute approximate surface area is 92.4 Å². The molecule has 1 atom stereocenters. The lowest BCUT2D eigenvalue weighted by molar-refractivity contribution is 0.0623. The maximum Gasteiger partial charge on any atom is 0.193 e. The van der Waals surface area contributed by atoms with E-state index >= 15 is 0 Å². The number of imidazole rings is 1. The van der Waals surface area contributed by atoms with Crippen molar-refractivity contribution in [3.05, 3.63) is 23.5 Å². The molecule has 0 aromatic carbocycles. The smallest absolute Gasteiger partial charge is 0.193 e. The third kappa shape index (κ3) is 1.68. The molecule has 1 N–H and O–H groups in total. The fourth-order valence-electron chi connectivity index (χ4n) is 2.08. The molecule has 2 heterocycles. The van der Waals surface area contributed by atoms with Crippen LogP contribution in [0.2, 0.25) is 0 Å². The van der Waals surface area contributed by atoms with Crippen LogP contribution in [0.1, 0.15) is 25.0 Å². The molecule has 1 fully saturated rings. The summed E-state index contributed by atoms with van der Waals surface area (Å²) in [4.78, 5) is 5.49. The van der Waals surface area contributed by atoms with E-state index in [0.717, 1.165) is 10.7 Å². The molecule has 0 aliphatic heterocycles. The Bertz CT molecular complexity index is 429. The van der Waals surface area contributed by atoms with Crippen LogP contribution in [0.4, 0.5) is 0 Å². The van der Waals surface area contributed by atoms with Gasteiger partial charge in [-0.1, -0.05) is 6.42 Å². The Kier molecular flexibility index (Phi) is 2.25. The van der Waals surface area contributed by atoms with Crippen molar-refractivity contribution in [2.24, 2.45) is 5.92 Å². The molecule has 80 valence electrons. The molecule has 1 aliphatic carbocycles. The first-order valence-corrected chi connectivity index (χ1v) is 6.30. The highest BCUT2D eigenvalue weighted by atomic mass is 32.1. The molecule has 3 nitrogen and oxygen atoms in total. The van der Waals surface area contributed by atoms with Gasteiger partial charge < -0.3 is 5.11 Å². The summed E-state index contributed by atoms with van der Waals surface area (Å²) in [5.41, 5.74) is 1.02. The zero-order valence-corrected chi connectivity index (χ0v) is 9.28. The average molecular weight is 222 g/mol. The van der Waals surface area contributed by atoms with Gasteiger partial charge in [-0.05, 0) is 18.8 Å². The van der Waals surface area contributed by atoms with Crippen molar-refractivity contribution < 1.29 is 5.11 Å². The van der Waals surface area contributed by atoms with Crippen LogP contribution in [0, 0.1) is 5.92 Å². The van der Waals surface area contributed by atoms with E-state index in [9.17, 15) is 5.11 Å². The van der Waals surface area contributed by atoms with Gasteiger partial charge in [-0.3, -0.25) is 4.40 Å². The molecule has 0 radical (unpaired) electrons. The Balaban J connectivity index is 1.74. The summed E-state index contributed by atoms with van der Waals surface area (Å²) in [5, 5.41) is 12.0. The summed E-state index contributed by atoms with van der Waals surface area (Å²) in [6.45, 7) is 0. The fourth-order valence-corrected chi connectivity index (χ4v) is 2.80. The molecule has 1 saturated carbocycles. The van der Waals surface area contributed by atoms with Crippen LogP contribution in [-0.4, -0.2) is 20.6 Å². The van der Waals surface area contributed by atoms with Crippen molar-refractivity contribution in [3.63, 3.8) is 0 Å². The van der Waals surface area contributed by atoms with Crippen LogP contribution >= 0.6 is 11.3 Å². The highest BCUT2D eigenvalue weighted by Crippen LogP contribution is 2.30. The maximum atomic E-state index is 9.94. The maximum absolute atomic E-state index is 9.94. The number of aliphatic hydroxyl groups is 1. The van der Waals surface area contributed by atoms with Crippen LogP contribution in [0.15, 0.2) is 17.8 Å². The molecule has 0 spiro atoms. The minimum absolute atomic E-state index is 0.191. The molecular weight excluding hydrogens is 208 g/mol. The quantitative estimate of drug-likeness (QED) is 0.863. The molecule has 1 aliphatic rings. The molecule has 0 saturated heterocycles. The Hall–Kier alpha value is -0.870. The molecule has 4 heteroatoms. The van der Waals surface area contributed by atoms with Gasteiger partial charge in [-0.2, -0.15) is 0 Å². The second kappa shape index (κ2) is 3.61. The van der Waals surface area contributed by atoms with Gasteiger partial charge in [0.25, 0.3) is 0 Å². The number of hydrogen-bond acceptors (Lipinski definition) is 3. The number of hydrogen-bond donors (Lipinski definition) is 1. The van der Waals surface area contributed by atoms with Crippen LogP contribution in [0.25, 0.3) is 4.96 Å². The van der Waals surface area contributed by atoms with E-state index in [1.165, 1.54) is 19.3 Å². The predicted molar refractivity (Wildman–Crippen MR) is 60.1 cm³/mol. The molecule has 3 rings (SSSR count). The van der Waals surface area contributed by atoms with Crippen molar-refractivity contribution >= 4 is 16.3 Å². The third-order valence-corrected chi connectivity index (χ3v) is 4.03. The highest BCUT2D eigenvalue weighted by Gasteiger charge is 2.26. The van der Waals surface area contributed by atoms with Crippen molar-refractivity contribution in [2.75, 3.05) is 0 Å². The van der Waals surface area contributed by atoms with Crippen molar-refractivity contribution in [1.29, 1.82) is 0 Å². The van der Waals surface area contributed by atoms with Crippen LogP contribution < -0.4 is 0 Å². The molecule has 2 aromatic rings. The number of nitrogens with zero attached hydrogens (tertiary/aromatic N) is 2. The van der Waals surface area contributed by atoms with E-state index in [4.69, 9.17) is 0 Å². The van der Waals surface area contributed by atoms with Gasteiger partial charge in [-0.25, -0.2) is 4.98 Å². The Morgan fingerprint density at radius 3 is 3.13 bits per heavy atom.